The molecule has 4 nitrogen and oxygen atoms in total. The van der Waals surface area contributed by atoms with Gasteiger partial charge in [-0.05, 0) is 38.1 Å². The number of hydrogen-bond donors (Lipinski definition) is 2. The van der Waals surface area contributed by atoms with Crippen LogP contribution < -0.4 is 10.6 Å². The van der Waals surface area contributed by atoms with Gasteiger partial charge in [-0.25, -0.2) is 0 Å². The van der Waals surface area contributed by atoms with E-state index in [9.17, 15) is 4.79 Å². The highest BCUT2D eigenvalue weighted by Gasteiger charge is 2.23. The Hall–Kier alpha value is -0.810. The summed E-state index contributed by atoms with van der Waals surface area (Å²) in [6.45, 7) is 6.23. The lowest BCUT2D eigenvalue weighted by atomic mass is 10.1. The molecule has 2 rings (SSSR count). The van der Waals surface area contributed by atoms with Crippen LogP contribution in [0.2, 0.25) is 5.02 Å². The molecule has 1 aliphatic rings. The van der Waals surface area contributed by atoms with Gasteiger partial charge in [-0.2, -0.15) is 0 Å². The first kappa shape index (κ1) is 17.2. The fourth-order valence-corrected chi connectivity index (χ4v) is 2.56. The number of carbonyl (C=O) groups excluding carboxylic acids is 1. The summed E-state index contributed by atoms with van der Waals surface area (Å²) in [4.78, 5) is 14.1. The highest BCUT2D eigenvalue weighted by Crippen LogP contribution is 2.27. The van der Waals surface area contributed by atoms with Gasteiger partial charge >= 0.3 is 0 Å². The number of carbonyl (C=O) groups is 1. The van der Waals surface area contributed by atoms with Crippen molar-refractivity contribution in [2.75, 3.05) is 32.0 Å². The molecule has 0 unspecified atom stereocenters. The van der Waals surface area contributed by atoms with Crippen molar-refractivity contribution in [2.45, 2.75) is 19.9 Å². The lowest BCUT2D eigenvalue weighted by Crippen LogP contribution is -2.57. The predicted octanol–water partition coefficient (Wildman–Crippen LogP) is 2.22. The van der Waals surface area contributed by atoms with Crippen molar-refractivity contribution in [3.63, 3.8) is 0 Å². The molecule has 0 saturated carbocycles. The van der Waals surface area contributed by atoms with Crippen LogP contribution in [0.4, 0.5) is 5.69 Å². The number of benzene rings is 1. The Balaban J connectivity index is 0.00000200. The van der Waals surface area contributed by atoms with Crippen LogP contribution in [0.3, 0.4) is 0 Å². The number of anilines is 1. The fourth-order valence-electron chi connectivity index (χ4n) is 2.19. The zero-order chi connectivity index (χ0) is 14.0. The molecule has 1 aliphatic heterocycles. The van der Waals surface area contributed by atoms with Crippen LogP contribution in [0.5, 0.6) is 0 Å². The number of halogens is 2. The summed E-state index contributed by atoms with van der Waals surface area (Å²) < 4.78 is 0. The number of likely N-dealkylation sites (N-methyl/N-ethyl adjacent to an activating group) is 1. The Labute approximate surface area is 131 Å². The third kappa shape index (κ3) is 4.09. The van der Waals surface area contributed by atoms with Gasteiger partial charge in [-0.15, -0.1) is 12.4 Å². The van der Waals surface area contributed by atoms with Crippen molar-refractivity contribution < 1.29 is 4.79 Å². The first-order valence-electron chi connectivity index (χ1n) is 6.45. The largest absolute Gasteiger partial charge is 0.323 e. The monoisotopic (exact) mass is 317 g/mol. The number of aryl methyl sites for hydroxylation is 2. The van der Waals surface area contributed by atoms with Gasteiger partial charge in [0.05, 0.1) is 17.3 Å². The van der Waals surface area contributed by atoms with Crippen LogP contribution in [0.1, 0.15) is 11.1 Å². The minimum atomic E-state index is -0.0248. The molecule has 0 spiro atoms. The Morgan fingerprint density at radius 1 is 1.45 bits per heavy atom. The van der Waals surface area contributed by atoms with Gasteiger partial charge < -0.3 is 10.6 Å². The maximum atomic E-state index is 12.0. The van der Waals surface area contributed by atoms with Gasteiger partial charge in [-0.3, -0.25) is 9.69 Å². The van der Waals surface area contributed by atoms with Crippen LogP contribution in [0.15, 0.2) is 12.1 Å². The lowest BCUT2D eigenvalue weighted by molar-refractivity contribution is -0.117. The van der Waals surface area contributed by atoms with E-state index in [1.54, 1.807) is 0 Å². The van der Waals surface area contributed by atoms with E-state index < -0.39 is 0 Å². The van der Waals surface area contributed by atoms with E-state index in [-0.39, 0.29) is 18.3 Å². The molecule has 1 aromatic carbocycles. The van der Waals surface area contributed by atoms with Gasteiger partial charge in [0.2, 0.25) is 5.91 Å². The van der Waals surface area contributed by atoms with Crippen molar-refractivity contribution in [1.82, 2.24) is 10.2 Å². The quantitative estimate of drug-likeness (QED) is 0.895. The Morgan fingerprint density at radius 3 is 2.60 bits per heavy atom. The number of hydrogen-bond acceptors (Lipinski definition) is 3. The zero-order valence-corrected chi connectivity index (χ0v) is 13.6. The molecular formula is C14H21Cl2N3O. The molecular weight excluding hydrogens is 297 g/mol. The molecule has 112 valence electrons. The van der Waals surface area contributed by atoms with Gasteiger partial charge in [0, 0.05) is 19.1 Å². The Morgan fingerprint density at radius 2 is 2.10 bits per heavy atom. The van der Waals surface area contributed by atoms with Crippen LogP contribution >= 0.6 is 24.0 Å². The smallest absolute Gasteiger partial charge is 0.238 e. The van der Waals surface area contributed by atoms with Crippen LogP contribution in [0, 0.1) is 13.8 Å². The van der Waals surface area contributed by atoms with E-state index in [4.69, 9.17) is 11.6 Å². The van der Waals surface area contributed by atoms with Gasteiger partial charge in [0.1, 0.15) is 0 Å². The van der Waals surface area contributed by atoms with E-state index >= 15 is 0 Å². The Kier molecular flexibility index (Phi) is 6.27. The van der Waals surface area contributed by atoms with Crippen LogP contribution in [-0.4, -0.2) is 43.5 Å². The SMILES string of the molecule is Cc1cc(C)c(NC(=O)CN(C)C2CNC2)c(Cl)c1.Cl. The topological polar surface area (TPSA) is 44.4 Å². The minimum Gasteiger partial charge on any atom is -0.323 e. The second-order valence-corrected chi connectivity index (χ2v) is 5.62. The number of nitrogens with one attached hydrogen (secondary N) is 2. The molecule has 0 aliphatic carbocycles. The minimum absolute atomic E-state index is 0. The molecule has 20 heavy (non-hydrogen) atoms. The van der Waals surface area contributed by atoms with Crippen molar-refractivity contribution >= 4 is 35.6 Å². The molecule has 6 heteroatoms. The molecule has 1 saturated heterocycles. The summed E-state index contributed by atoms with van der Waals surface area (Å²) in [5.74, 6) is -0.0248. The third-order valence-corrected chi connectivity index (χ3v) is 3.77. The van der Waals surface area contributed by atoms with Gasteiger partial charge in [0.25, 0.3) is 0 Å². The predicted molar refractivity (Wildman–Crippen MR) is 86.1 cm³/mol. The molecule has 1 fully saturated rings. The first-order chi connectivity index (χ1) is 8.97. The summed E-state index contributed by atoms with van der Waals surface area (Å²) in [5.41, 5.74) is 2.81. The molecule has 0 atom stereocenters. The highest BCUT2D eigenvalue weighted by molar-refractivity contribution is 6.34. The third-order valence-electron chi connectivity index (χ3n) is 3.47. The average molecular weight is 318 g/mol. The second kappa shape index (κ2) is 7.27. The number of amides is 1. The fraction of sp³-hybridized carbons (Fsp3) is 0.500. The van der Waals surface area contributed by atoms with E-state index in [2.05, 4.69) is 15.5 Å². The number of rotatable bonds is 4. The Bertz CT molecular complexity index is 466. The van der Waals surface area contributed by atoms with Crippen molar-refractivity contribution in [2.24, 2.45) is 0 Å². The maximum absolute atomic E-state index is 12.0. The van der Waals surface area contributed by atoms with Crippen molar-refractivity contribution in [3.8, 4) is 0 Å². The molecule has 2 N–H and O–H groups in total. The summed E-state index contributed by atoms with van der Waals surface area (Å²) in [7, 11) is 1.97. The van der Waals surface area contributed by atoms with Crippen LogP contribution in [-0.2, 0) is 4.79 Å². The summed E-state index contributed by atoms with van der Waals surface area (Å²) in [5, 5.41) is 6.70. The van der Waals surface area contributed by atoms with Crippen molar-refractivity contribution in [3.05, 3.63) is 28.3 Å². The van der Waals surface area contributed by atoms with E-state index in [1.807, 2.05) is 33.0 Å². The highest BCUT2D eigenvalue weighted by atomic mass is 35.5. The van der Waals surface area contributed by atoms with Crippen molar-refractivity contribution in [1.29, 1.82) is 0 Å². The average Bonchev–Trinajstić information content (AvgIpc) is 2.20. The summed E-state index contributed by atoms with van der Waals surface area (Å²) in [6, 6.07) is 4.34. The molecule has 1 aromatic rings. The number of nitrogens with zero attached hydrogens (tertiary/aromatic N) is 1. The molecule has 1 heterocycles. The van der Waals surface area contributed by atoms with E-state index in [0.29, 0.717) is 17.6 Å². The molecule has 0 bridgehead atoms. The van der Waals surface area contributed by atoms with Crippen LogP contribution in [0.25, 0.3) is 0 Å². The standard InChI is InChI=1S/C14H20ClN3O.ClH/c1-9-4-10(2)14(12(15)5-9)17-13(19)8-18(3)11-6-16-7-11;/h4-5,11,16H,6-8H2,1-3H3,(H,17,19);1H. The van der Waals surface area contributed by atoms with E-state index in [0.717, 1.165) is 29.9 Å². The normalized spacial score (nSPS) is 14.7. The molecule has 0 aromatic heterocycles. The summed E-state index contributed by atoms with van der Waals surface area (Å²) in [6.07, 6.45) is 0. The maximum Gasteiger partial charge on any atom is 0.238 e. The van der Waals surface area contributed by atoms with E-state index in [1.165, 1.54) is 0 Å². The first-order valence-corrected chi connectivity index (χ1v) is 6.82. The summed E-state index contributed by atoms with van der Waals surface area (Å²) >= 11 is 6.18. The zero-order valence-electron chi connectivity index (χ0n) is 12.0. The molecule has 1 amide bonds. The molecule has 0 radical (unpaired) electrons. The van der Waals surface area contributed by atoms with Gasteiger partial charge in [-0.1, -0.05) is 17.7 Å². The lowest BCUT2D eigenvalue weighted by Gasteiger charge is -2.35. The van der Waals surface area contributed by atoms with Gasteiger partial charge in [0.15, 0.2) is 0 Å². The second-order valence-electron chi connectivity index (χ2n) is 5.21.